The quantitative estimate of drug-likeness (QED) is 0.0994. The molecule has 0 bridgehead atoms. The average Bonchev–Trinajstić information content (AvgIpc) is 3.60. The van der Waals surface area contributed by atoms with E-state index < -0.39 is 58.5 Å². The number of phenolic OH excluding ortho intramolecular Hbond substituents is 1. The number of aromatic hydroxyl groups is 1. The monoisotopic (exact) mass is 765 g/mol. The summed E-state index contributed by atoms with van der Waals surface area (Å²) < 4.78 is 13.9. The average molecular weight is 766 g/mol. The number of anilines is 2. The Bertz CT molecular complexity index is 2470. The summed E-state index contributed by atoms with van der Waals surface area (Å²) in [5.41, 5.74) is 4.40. The van der Waals surface area contributed by atoms with Gasteiger partial charge in [-0.05, 0) is 91.1 Å². The first-order valence-corrected chi connectivity index (χ1v) is 18.7. The van der Waals surface area contributed by atoms with Crippen molar-refractivity contribution in [2.45, 2.75) is 24.2 Å². The molecule has 0 radical (unpaired) electrons. The lowest BCUT2D eigenvalue weighted by atomic mass is 9.49. The lowest BCUT2D eigenvalue weighted by molar-refractivity contribution is -0.138. The molecule has 1 saturated carbocycles. The molecule has 9 rings (SSSR count). The highest BCUT2D eigenvalue weighted by atomic mass is 35.5. The lowest BCUT2D eigenvalue weighted by Gasteiger charge is -2.50. The second-order valence-corrected chi connectivity index (χ2v) is 15.1. The minimum absolute atomic E-state index is 0.0449. The molecule has 278 valence electrons. The number of para-hydroxylation sites is 1. The van der Waals surface area contributed by atoms with Gasteiger partial charge in [-0.2, -0.15) is 5.01 Å². The lowest BCUT2D eigenvalue weighted by Crippen LogP contribution is -2.53. The van der Waals surface area contributed by atoms with Crippen LogP contribution >= 0.6 is 11.6 Å². The summed E-state index contributed by atoms with van der Waals surface area (Å²) in [5, 5.41) is 12.9. The maximum absolute atomic E-state index is 15.2. The van der Waals surface area contributed by atoms with Crippen LogP contribution in [-0.4, -0.2) is 39.5 Å². The van der Waals surface area contributed by atoms with E-state index in [0.29, 0.717) is 44.2 Å². The zero-order chi connectivity index (χ0) is 38.9. The summed E-state index contributed by atoms with van der Waals surface area (Å²) in [5.74, 6) is -7.04. The Balaban J connectivity index is 1.15. The fourth-order valence-corrected chi connectivity index (χ4v) is 9.63. The van der Waals surface area contributed by atoms with Gasteiger partial charge in [0.05, 0.1) is 34.5 Å². The highest BCUT2D eigenvalue weighted by Gasteiger charge is 2.70. The van der Waals surface area contributed by atoms with Gasteiger partial charge in [0, 0.05) is 27.6 Å². The zero-order valence-corrected chi connectivity index (χ0v) is 30.4. The fraction of sp³-hybridized carbons (Fsp3) is 0.178. The number of hydrazine groups is 1. The normalized spacial score (nSPS) is 25.4. The number of imide groups is 2. The van der Waals surface area contributed by atoms with E-state index in [1.165, 1.54) is 35.2 Å². The molecule has 5 aromatic rings. The van der Waals surface area contributed by atoms with Crippen LogP contribution in [0.4, 0.5) is 15.8 Å². The Labute approximate surface area is 326 Å². The van der Waals surface area contributed by atoms with Crippen LogP contribution in [0.5, 0.6) is 5.75 Å². The second-order valence-electron chi connectivity index (χ2n) is 14.7. The number of hydrogen-bond acceptors (Lipinski definition) is 7. The molecule has 6 atom stereocenters. The molecule has 2 aliphatic heterocycles. The van der Waals surface area contributed by atoms with Crippen LogP contribution in [0.25, 0.3) is 0 Å². The number of benzene rings is 5. The van der Waals surface area contributed by atoms with E-state index in [2.05, 4.69) is 5.43 Å². The van der Waals surface area contributed by atoms with Crippen LogP contribution in [0.2, 0.25) is 5.02 Å². The van der Waals surface area contributed by atoms with E-state index >= 15 is 4.79 Å². The predicted molar refractivity (Wildman–Crippen MR) is 206 cm³/mol. The number of amides is 4. The molecule has 2 heterocycles. The van der Waals surface area contributed by atoms with Crippen molar-refractivity contribution < 1.29 is 33.5 Å². The number of carbonyl (C=O) groups excluding carboxylic acids is 5. The summed E-state index contributed by atoms with van der Waals surface area (Å²) >= 11 is 6.35. The Hall–Kier alpha value is -6.39. The number of fused-ring (bicyclic) bond motifs is 4. The number of rotatable bonds is 7. The smallest absolute Gasteiger partial charge is 0.260 e. The summed E-state index contributed by atoms with van der Waals surface area (Å²) in [4.78, 5) is 73.1. The van der Waals surface area contributed by atoms with Gasteiger partial charge in [0.2, 0.25) is 11.8 Å². The molecule has 0 unspecified atom stereocenters. The van der Waals surface area contributed by atoms with E-state index in [1.807, 2.05) is 12.1 Å². The SMILES string of the molecule is O=C(c1ccccc1)c1ccc(N2C(=O)[C@H]3[C@H](CC=C4[C@H]3C[C@H]3C(=O)N(Nc5ccc(F)cc5)C(=O)[C@@]3(c3ccc(Cl)cc3)[C@H]4c3ccccc3O)C2=O)cc1. The van der Waals surface area contributed by atoms with E-state index in [0.717, 1.165) is 5.01 Å². The van der Waals surface area contributed by atoms with Gasteiger partial charge in [0.15, 0.2) is 5.78 Å². The van der Waals surface area contributed by atoms with Crippen LogP contribution in [0, 0.1) is 29.5 Å². The molecule has 0 aromatic heterocycles. The van der Waals surface area contributed by atoms with Crippen molar-refractivity contribution in [2.75, 3.05) is 10.3 Å². The molecule has 0 spiro atoms. The Morgan fingerprint density at radius 3 is 2.11 bits per heavy atom. The predicted octanol–water partition coefficient (Wildman–Crippen LogP) is 7.61. The van der Waals surface area contributed by atoms with Crippen LogP contribution in [0.1, 0.15) is 45.8 Å². The summed E-state index contributed by atoms with van der Waals surface area (Å²) in [6.07, 6.45) is 2.14. The van der Waals surface area contributed by atoms with Crippen LogP contribution in [-0.2, 0) is 24.6 Å². The van der Waals surface area contributed by atoms with Crippen molar-refractivity contribution in [3.63, 3.8) is 0 Å². The molecule has 5 aromatic carbocycles. The fourth-order valence-electron chi connectivity index (χ4n) is 9.50. The number of ketones is 1. The van der Waals surface area contributed by atoms with Crippen molar-refractivity contribution in [1.29, 1.82) is 0 Å². The van der Waals surface area contributed by atoms with Crippen molar-refractivity contribution in [1.82, 2.24) is 5.01 Å². The standard InChI is InChI=1S/C45H33ClFN3O6/c46-28-14-12-27(13-15-28)45-36(42(54)50(44(45)56)48-30-18-16-29(47)17-19-30)24-35-32(39(45)33-8-4-5-9-37(33)51)22-23-34-38(35)43(55)49(41(34)53)31-20-10-26(11-21-31)40(52)25-6-2-1-3-7-25/h1-22,34-36,38-39,48,51H,23-24H2/t34-,35+,36-,38-,39+,45+/m0/s1. The Morgan fingerprint density at radius 1 is 0.750 bits per heavy atom. The molecular weight excluding hydrogens is 733 g/mol. The Kier molecular flexibility index (Phi) is 8.46. The molecule has 3 fully saturated rings. The maximum Gasteiger partial charge on any atom is 0.260 e. The molecule has 2 aliphatic carbocycles. The van der Waals surface area contributed by atoms with Gasteiger partial charge in [-0.25, -0.2) is 4.39 Å². The third-order valence-corrected chi connectivity index (χ3v) is 12.2. The summed E-state index contributed by atoms with van der Waals surface area (Å²) in [6.45, 7) is 0. The third-order valence-electron chi connectivity index (χ3n) is 11.9. The highest BCUT2D eigenvalue weighted by Crippen LogP contribution is 2.65. The minimum atomic E-state index is -1.62. The first-order valence-electron chi connectivity index (χ1n) is 18.3. The first-order chi connectivity index (χ1) is 27.1. The summed E-state index contributed by atoms with van der Waals surface area (Å²) in [6, 6.07) is 33.8. The van der Waals surface area contributed by atoms with Gasteiger partial charge < -0.3 is 5.11 Å². The van der Waals surface area contributed by atoms with Crippen molar-refractivity contribution in [3.8, 4) is 5.75 Å². The topological polar surface area (TPSA) is 124 Å². The molecule has 4 amide bonds. The van der Waals surface area contributed by atoms with Gasteiger partial charge in [-0.3, -0.25) is 34.3 Å². The van der Waals surface area contributed by atoms with Crippen molar-refractivity contribution >= 4 is 52.4 Å². The van der Waals surface area contributed by atoms with Crippen molar-refractivity contribution in [3.05, 3.63) is 172 Å². The zero-order valence-electron chi connectivity index (χ0n) is 29.6. The minimum Gasteiger partial charge on any atom is -0.508 e. The first kappa shape index (κ1) is 35.3. The highest BCUT2D eigenvalue weighted by molar-refractivity contribution is 6.30. The number of nitrogens with one attached hydrogen (secondary N) is 1. The maximum atomic E-state index is 15.2. The number of carbonyl (C=O) groups is 5. The number of nitrogens with zero attached hydrogens (tertiary/aromatic N) is 2. The molecule has 2 saturated heterocycles. The van der Waals surface area contributed by atoms with Gasteiger partial charge >= 0.3 is 0 Å². The van der Waals surface area contributed by atoms with Crippen LogP contribution in [0.15, 0.2) is 139 Å². The molecule has 11 heteroatoms. The number of allylic oxidation sites excluding steroid dienone is 2. The van der Waals surface area contributed by atoms with Crippen LogP contribution < -0.4 is 10.3 Å². The summed E-state index contributed by atoms with van der Waals surface area (Å²) in [7, 11) is 0. The Morgan fingerprint density at radius 2 is 1.41 bits per heavy atom. The largest absolute Gasteiger partial charge is 0.508 e. The third kappa shape index (κ3) is 5.31. The van der Waals surface area contributed by atoms with E-state index in [4.69, 9.17) is 11.6 Å². The molecule has 56 heavy (non-hydrogen) atoms. The van der Waals surface area contributed by atoms with Gasteiger partial charge in [0.1, 0.15) is 11.6 Å². The van der Waals surface area contributed by atoms with E-state index in [1.54, 1.807) is 91.0 Å². The van der Waals surface area contributed by atoms with Crippen LogP contribution in [0.3, 0.4) is 0 Å². The van der Waals surface area contributed by atoms with Gasteiger partial charge in [0.25, 0.3) is 11.8 Å². The molecule has 2 N–H and O–H groups in total. The van der Waals surface area contributed by atoms with E-state index in [-0.39, 0.29) is 30.3 Å². The van der Waals surface area contributed by atoms with Crippen molar-refractivity contribution in [2.24, 2.45) is 23.7 Å². The van der Waals surface area contributed by atoms with E-state index in [9.17, 15) is 28.7 Å². The van der Waals surface area contributed by atoms with Gasteiger partial charge in [-0.1, -0.05) is 83.9 Å². The second kappa shape index (κ2) is 13.4. The molecular formula is C45H33ClFN3O6. The molecule has 9 nitrogen and oxygen atoms in total. The van der Waals surface area contributed by atoms with Gasteiger partial charge in [-0.15, -0.1) is 0 Å². The number of halogens is 2. The number of hydrogen-bond donors (Lipinski definition) is 2. The molecule has 4 aliphatic rings. The number of phenols is 1.